The van der Waals surface area contributed by atoms with Gasteiger partial charge in [0.1, 0.15) is 6.10 Å². The first kappa shape index (κ1) is 14.8. The summed E-state index contributed by atoms with van der Waals surface area (Å²) in [6.07, 6.45) is 7.02. The van der Waals surface area contributed by atoms with Gasteiger partial charge in [0.05, 0.1) is 6.10 Å². The molecule has 2 aliphatic rings. The van der Waals surface area contributed by atoms with Gasteiger partial charge in [-0.25, -0.2) is 4.98 Å². The third-order valence-electron chi connectivity index (χ3n) is 4.64. The van der Waals surface area contributed by atoms with E-state index in [0.29, 0.717) is 6.10 Å². The molecule has 4 nitrogen and oxygen atoms in total. The Kier molecular flexibility index (Phi) is 4.76. The molecule has 3 rings (SSSR count). The van der Waals surface area contributed by atoms with E-state index in [-0.39, 0.29) is 6.10 Å². The van der Waals surface area contributed by atoms with Crippen LogP contribution in [-0.4, -0.2) is 48.8 Å². The Balaban J connectivity index is 1.33. The van der Waals surface area contributed by atoms with Crippen molar-refractivity contribution >= 4 is 0 Å². The van der Waals surface area contributed by atoms with E-state index in [4.69, 9.17) is 9.47 Å². The molecule has 21 heavy (non-hydrogen) atoms. The number of piperidine rings is 1. The molecule has 0 aromatic carbocycles. The molecule has 116 valence electrons. The number of ether oxygens (including phenoxy) is 2. The zero-order chi connectivity index (χ0) is 14.7. The van der Waals surface area contributed by atoms with Crippen molar-refractivity contribution < 1.29 is 9.47 Å². The highest BCUT2D eigenvalue weighted by atomic mass is 16.5. The number of pyridine rings is 1. The molecule has 0 N–H and O–H groups in total. The highest BCUT2D eigenvalue weighted by molar-refractivity contribution is 5.19. The summed E-state index contributed by atoms with van der Waals surface area (Å²) in [4.78, 5) is 6.65. The number of hydrogen-bond acceptors (Lipinski definition) is 4. The minimum Gasteiger partial charge on any atom is -0.474 e. The molecule has 4 heteroatoms. The molecule has 0 unspecified atom stereocenters. The quantitative estimate of drug-likeness (QED) is 0.835. The van der Waals surface area contributed by atoms with E-state index in [2.05, 4.69) is 23.9 Å². The van der Waals surface area contributed by atoms with Crippen LogP contribution in [0.1, 0.15) is 31.2 Å². The van der Waals surface area contributed by atoms with Crippen molar-refractivity contribution in [1.82, 2.24) is 9.88 Å². The van der Waals surface area contributed by atoms with Crippen molar-refractivity contribution in [3.05, 3.63) is 23.9 Å². The van der Waals surface area contributed by atoms with Gasteiger partial charge in [-0.3, -0.25) is 0 Å². The van der Waals surface area contributed by atoms with Crippen LogP contribution in [-0.2, 0) is 4.74 Å². The van der Waals surface area contributed by atoms with Gasteiger partial charge in [0.25, 0.3) is 0 Å². The van der Waals surface area contributed by atoms with Gasteiger partial charge in [0, 0.05) is 31.7 Å². The van der Waals surface area contributed by atoms with Gasteiger partial charge in [0.2, 0.25) is 5.88 Å². The SMILES string of the molecule is Cc1ccnc(OC2CC(OCC3CCN(C)CC3)C2)c1. The topological polar surface area (TPSA) is 34.6 Å². The Morgan fingerprint density at radius 2 is 2.00 bits per heavy atom. The molecule has 2 fully saturated rings. The fourth-order valence-corrected chi connectivity index (χ4v) is 2.99. The molecule has 0 amide bonds. The van der Waals surface area contributed by atoms with E-state index >= 15 is 0 Å². The van der Waals surface area contributed by atoms with Crippen LogP contribution in [0, 0.1) is 12.8 Å². The second-order valence-electron chi connectivity index (χ2n) is 6.58. The summed E-state index contributed by atoms with van der Waals surface area (Å²) < 4.78 is 11.9. The van der Waals surface area contributed by atoms with Crippen LogP contribution in [0.5, 0.6) is 5.88 Å². The average molecular weight is 290 g/mol. The first-order chi connectivity index (χ1) is 10.2. The van der Waals surface area contributed by atoms with E-state index in [1.807, 2.05) is 12.1 Å². The first-order valence-electron chi connectivity index (χ1n) is 8.08. The van der Waals surface area contributed by atoms with Gasteiger partial charge in [0.15, 0.2) is 0 Å². The highest BCUT2D eigenvalue weighted by Gasteiger charge is 2.32. The van der Waals surface area contributed by atoms with E-state index in [1.165, 1.54) is 31.5 Å². The molecule has 0 spiro atoms. The number of rotatable bonds is 5. The summed E-state index contributed by atoms with van der Waals surface area (Å²) in [7, 11) is 2.20. The molecule has 1 aromatic heterocycles. The monoisotopic (exact) mass is 290 g/mol. The molecule has 2 heterocycles. The van der Waals surface area contributed by atoms with Gasteiger partial charge in [-0.1, -0.05) is 0 Å². The Morgan fingerprint density at radius 3 is 2.71 bits per heavy atom. The Morgan fingerprint density at radius 1 is 1.24 bits per heavy atom. The van der Waals surface area contributed by atoms with Crippen molar-refractivity contribution in [2.45, 2.75) is 44.8 Å². The number of nitrogens with zero attached hydrogens (tertiary/aromatic N) is 2. The summed E-state index contributed by atoms with van der Waals surface area (Å²) in [5.74, 6) is 1.49. The third-order valence-corrected chi connectivity index (χ3v) is 4.64. The maximum atomic E-state index is 6.03. The van der Waals surface area contributed by atoms with Crippen LogP contribution in [0.3, 0.4) is 0 Å². The number of hydrogen-bond donors (Lipinski definition) is 0. The zero-order valence-electron chi connectivity index (χ0n) is 13.1. The number of likely N-dealkylation sites (tertiary alicyclic amines) is 1. The Bertz CT molecular complexity index is 452. The third kappa shape index (κ3) is 4.17. The summed E-state index contributed by atoms with van der Waals surface area (Å²) >= 11 is 0. The van der Waals surface area contributed by atoms with E-state index in [0.717, 1.165) is 31.2 Å². The fraction of sp³-hybridized carbons (Fsp3) is 0.706. The lowest BCUT2D eigenvalue weighted by Gasteiger charge is -2.36. The normalized spacial score (nSPS) is 27.3. The predicted molar refractivity (Wildman–Crippen MR) is 82.6 cm³/mol. The Hall–Kier alpha value is -1.13. The lowest BCUT2D eigenvalue weighted by Crippen LogP contribution is -2.41. The second kappa shape index (κ2) is 6.75. The van der Waals surface area contributed by atoms with Crippen LogP contribution in [0.4, 0.5) is 0 Å². The van der Waals surface area contributed by atoms with Crippen molar-refractivity contribution in [1.29, 1.82) is 0 Å². The molecule has 0 atom stereocenters. The van der Waals surface area contributed by atoms with Crippen LogP contribution >= 0.6 is 0 Å². The van der Waals surface area contributed by atoms with E-state index in [9.17, 15) is 0 Å². The molecule has 1 aliphatic heterocycles. The van der Waals surface area contributed by atoms with Crippen molar-refractivity contribution in [3.8, 4) is 5.88 Å². The average Bonchev–Trinajstić information content (AvgIpc) is 2.43. The molecule has 1 aromatic rings. The van der Waals surface area contributed by atoms with Gasteiger partial charge in [-0.05, 0) is 57.5 Å². The molecule has 0 radical (unpaired) electrons. The van der Waals surface area contributed by atoms with Crippen LogP contribution in [0.25, 0.3) is 0 Å². The largest absolute Gasteiger partial charge is 0.474 e. The molecule has 1 saturated carbocycles. The lowest BCUT2D eigenvalue weighted by molar-refractivity contribution is -0.0764. The van der Waals surface area contributed by atoms with Crippen molar-refractivity contribution in [2.24, 2.45) is 5.92 Å². The van der Waals surface area contributed by atoms with E-state index < -0.39 is 0 Å². The Labute approximate surface area is 127 Å². The summed E-state index contributed by atoms with van der Waals surface area (Å²) in [5, 5.41) is 0. The van der Waals surface area contributed by atoms with Gasteiger partial charge in [-0.15, -0.1) is 0 Å². The van der Waals surface area contributed by atoms with Gasteiger partial charge < -0.3 is 14.4 Å². The van der Waals surface area contributed by atoms with E-state index in [1.54, 1.807) is 6.20 Å². The molecule has 1 saturated heterocycles. The highest BCUT2D eigenvalue weighted by Crippen LogP contribution is 2.29. The number of aromatic nitrogens is 1. The smallest absolute Gasteiger partial charge is 0.213 e. The standard InChI is InChI=1S/C17H26N2O2/c1-13-3-6-18-17(9-13)21-16-10-15(11-16)20-12-14-4-7-19(2)8-5-14/h3,6,9,14-16H,4-5,7-8,10-12H2,1-2H3. The maximum Gasteiger partial charge on any atom is 0.213 e. The van der Waals surface area contributed by atoms with Crippen LogP contribution < -0.4 is 4.74 Å². The minimum absolute atomic E-state index is 0.279. The summed E-state index contributed by atoms with van der Waals surface area (Å²) in [5.41, 5.74) is 1.19. The fourth-order valence-electron chi connectivity index (χ4n) is 2.99. The first-order valence-corrected chi connectivity index (χ1v) is 8.08. The second-order valence-corrected chi connectivity index (χ2v) is 6.58. The van der Waals surface area contributed by atoms with Gasteiger partial charge >= 0.3 is 0 Å². The van der Waals surface area contributed by atoms with Crippen molar-refractivity contribution in [2.75, 3.05) is 26.7 Å². The lowest BCUT2D eigenvalue weighted by atomic mass is 9.91. The van der Waals surface area contributed by atoms with Crippen LogP contribution in [0.2, 0.25) is 0 Å². The molecule has 0 bridgehead atoms. The maximum absolute atomic E-state index is 6.03. The zero-order valence-corrected chi connectivity index (χ0v) is 13.1. The number of aryl methyl sites for hydroxylation is 1. The molecule has 1 aliphatic carbocycles. The predicted octanol–water partition coefficient (Wildman–Crippen LogP) is 2.66. The van der Waals surface area contributed by atoms with Crippen molar-refractivity contribution in [3.63, 3.8) is 0 Å². The molecular formula is C17H26N2O2. The summed E-state index contributed by atoms with van der Waals surface area (Å²) in [6, 6.07) is 3.98. The van der Waals surface area contributed by atoms with Gasteiger partial charge in [-0.2, -0.15) is 0 Å². The van der Waals surface area contributed by atoms with Crippen LogP contribution in [0.15, 0.2) is 18.3 Å². The minimum atomic E-state index is 0.279. The molecular weight excluding hydrogens is 264 g/mol. The summed E-state index contributed by atoms with van der Waals surface area (Å²) in [6.45, 7) is 5.41.